The fourth-order valence-electron chi connectivity index (χ4n) is 1.61. The Morgan fingerprint density at radius 3 is 2.41 bits per heavy atom. The minimum atomic E-state index is -0.380. The Morgan fingerprint density at radius 1 is 1.14 bits per heavy atom. The molecule has 0 aromatic heterocycles. The number of carbonyl (C=O) groups is 3. The van der Waals surface area contributed by atoms with Gasteiger partial charge in [-0.05, 0) is 26.0 Å². The molecular formula is C17H19NO4. The first-order chi connectivity index (χ1) is 10.5. The minimum absolute atomic E-state index is 0.00775. The lowest BCUT2D eigenvalue weighted by molar-refractivity contribution is -0.144. The topological polar surface area (TPSA) is 72.5 Å². The molecular weight excluding hydrogens is 282 g/mol. The van der Waals surface area contributed by atoms with Crippen LogP contribution in [-0.4, -0.2) is 30.8 Å². The van der Waals surface area contributed by atoms with Crippen LogP contribution >= 0.6 is 0 Å². The maximum Gasteiger partial charge on any atom is 0.306 e. The lowest BCUT2D eigenvalue weighted by atomic mass is 10.1. The summed E-state index contributed by atoms with van der Waals surface area (Å²) in [6.07, 6.45) is 0.160. The predicted molar refractivity (Wildman–Crippen MR) is 82.2 cm³/mol. The van der Waals surface area contributed by atoms with E-state index in [0.717, 1.165) is 5.56 Å². The van der Waals surface area contributed by atoms with Crippen LogP contribution in [0, 0.1) is 11.8 Å². The summed E-state index contributed by atoms with van der Waals surface area (Å²) in [6, 6.07) is 6.94. The lowest BCUT2D eigenvalue weighted by Gasteiger charge is -2.01. The van der Waals surface area contributed by atoms with Crippen LogP contribution in [0.3, 0.4) is 0 Å². The molecule has 0 unspecified atom stereocenters. The van der Waals surface area contributed by atoms with Crippen molar-refractivity contribution in [3.63, 3.8) is 0 Å². The number of benzene rings is 1. The van der Waals surface area contributed by atoms with Crippen LogP contribution in [0.5, 0.6) is 0 Å². The zero-order valence-corrected chi connectivity index (χ0v) is 12.8. The molecule has 0 radical (unpaired) electrons. The van der Waals surface area contributed by atoms with E-state index < -0.39 is 0 Å². The average molecular weight is 301 g/mol. The summed E-state index contributed by atoms with van der Waals surface area (Å²) in [5, 5.41) is 2.61. The van der Waals surface area contributed by atoms with Gasteiger partial charge in [0.25, 0.3) is 0 Å². The molecule has 1 rings (SSSR count). The van der Waals surface area contributed by atoms with Gasteiger partial charge in [0.05, 0.1) is 19.6 Å². The molecule has 1 aromatic carbocycles. The van der Waals surface area contributed by atoms with E-state index in [2.05, 4.69) is 17.2 Å². The maximum atomic E-state index is 11.5. The Kier molecular flexibility index (Phi) is 7.41. The van der Waals surface area contributed by atoms with Crippen LogP contribution in [0.2, 0.25) is 0 Å². The molecule has 0 heterocycles. The van der Waals surface area contributed by atoms with Gasteiger partial charge in [-0.2, -0.15) is 0 Å². The zero-order chi connectivity index (χ0) is 16.4. The van der Waals surface area contributed by atoms with E-state index in [0.29, 0.717) is 12.2 Å². The smallest absolute Gasteiger partial charge is 0.306 e. The second-order valence-electron chi connectivity index (χ2n) is 4.52. The van der Waals surface area contributed by atoms with Crippen molar-refractivity contribution in [2.45, 2.75) is 26.7 Å². The molecule has 22 heavy (non-hydrogen) atoms. The number of ketones is 1. The fraction of sp³-hybridized carbons (Fsp3) is 0.353. The van der Waals surface area contributed by atoms with Crippen LogP contribution in [-0.2, 0) is 14.3 Å². The molecule has 5 heteroatoms. The molecule has 1 aromatic rings. The van der Waals surface area contributed by atoms with Gasteiger partial charge in [0.15, 0.2) is 5.78 Å². The highest BCUT2D eigenvalue weighted by atomic mass is 16.5. The van der Waals surface area contributed by atoms with Crippen molar-refractivity contribution in [3.8, 4) is 11.8 Å². The highest BCUT2D eigenvalue weighted by Gasteiger charge is 2.06. The molecule has 1 amide bonds. The number of carbonyl (C=O) groups excluding carboxylic acids is 3. The average Bonchev–Trinajstić information content (AvgIpc) is 2.50. The van der Waals surface area contributed by atoms with Gasteiger partial charge < -0.3 is 10.1 Å². The monoisotopic (exact) mass is 301 g/mol. The maximum absolute atomic E-state index is 11.5. The number of ether oxygens (including phenoxy) is 1. The standard InChI is InChI=1S/C17H19NO4/c1-3-22-17(21)11-10-16(20)18-12-4-5-14-6-8-15(9-7-14)13(2)19/h6-9H,3,10-12H2,1-2H3,(H,18,20). The molecule has 116 valence electrons. The summed E-state index contributed by atoms with van der Waals surface area (Å²) >= 11 is 0. The van der Waals surface area contributed by atoms with Gasteiger partial charge in [0, 0.05) is 17.5 Å². The van der Waals surface area contributed by atoms with Crippen molar-refractivity contribution in [1.29, 1.82) is 0 Å². The summed E-state index contributed by atoms with van der Waals surface area (Å²) < 4.78 is 4.73. The van der Waals surface area contributed by atoms with Crippen LogP contribution in [0.1, 0.15) is 42.6 Å². The van der Waals surface area contributed by atoms with Gasteiger partial charge >= 0.3 is 5.97 Å². The number of amides is 1. The minimum Gasteiger partial charge on any atom is -0.466 e. The normalized spacial score (nSPS) is 9.36. The first kappa shape index (κ1) is 17.4. The Bertz CT molecular complexity index is 593. The van der Waals surface area contributed by atoms with Crippen molar-refractivity contribution in [2.24, 2.45) is 0 Å². The van der Waals surface area contributed by atoms with Gasteiger partial charge in [-0.25, -0.2) is 0 Å². The Morgan fingerprint density at radius 2 is 1.82 bits per heavy atom. The third-order valence-electron chi connectivity index (χ3n) is 2.76. The first-order valence-electron chi connectivity index (χ1n) is 7.05. The number of Topliss-reactive ketones (excluding diaryl/α,β-unsaturated/α-hetero) is 1. The molecule has 0 aliphatic carbocycles. The number of hydrogen-bond acceptors (Lipinski definition) is 4. The molecule has 0 fully saturated rings. The van der Waals surface area contributed by atoms with Gasteiger partial charge in [-0.1, -0.05) is 24.0 Å². The first-order valence-corrected chi connectivity index (χ1v) is 7.05. The van der Waals surface area contributed by atoms with E-state index in [4.69, 9.17) is 4.74 Å². The van der Waals surface area contributed by atoms with Crippen molar-refractivity contribution in [3.05, 3.63) is 35.4 Å². The highest BCUT2D eigenvalue weighted by Crippen LogP contribution is 2.03. The van der Waals surface area contributed by atoms with Gasteiger partial charge in [0.2, 0.25) is 5.91 Å². The van der Waals surface area contributed by atoms with Crippen LogP contribution in [0.25, 0.3) is 0 Å². The molecule has 5 nitrogen and oxygen atoms in total. The summed E-state index contributed by atoms with van der Waals surface area (Å²) in [7, 11) is 0. The van der Waals surface area contributed by atoms with Gasteiger partial charge in [-0.15, -0.1) is 0 Å². The molecule has 1 N–H and O–H groups in total. The molecule has 0 saturated heterocycles. The molecule has 0 aliphatic rings. The highest BCUT2D eigenvalue weighted by molar-refractivity contribution is 5.94. The predicted octanol–water partition coefficient (Wildman–Crippen LogP) is 1.70. The number of rotatable bonds is 6. The van der Waals surface area contributed by atoms with E-state index in [1.54, 1.807) is 31.2 Å². The number of hydrogen-bond donors (Lipinski definition) is 1. The molecule has 0 spiro atoms. The Labute approximate surface area is 130 Å². The second-order valence-corrected chi connectivity index (χ2v) is 4.52. The fourth-order valence-corrected chi connectivity index (χ4v) is 1.61. The van der Waals surface area contributed by atoms with Crippen molar-refractivity contribution in [1.82, 2.24) is 5.32 Å². The van der Waals surface area contributed by atoms with Crippen LogP contribution < -0.4 is 5.32 Å². The molecule has 0 bridgehead atoms. The van der Waals surface area contributed by atoms with Crippen LogP contribution in [0.4, 0.5) is 0 Å². The summed E-state index contributed by atoms with van der Waals surface area (Å²) in [5.41, 5.74) is 1.41. The number of nitrogens with one attached hydrogen (secondary N) is 1. The van der Waals surface area contributed by atoms with Crippen molar-refractivity contribution < 1.29 is 19.1 Å². The number of esters is 1. The Hall–Kier alpha value is -2.61. The summed E-state index contributed by atoms with van der Waals surface area (Å²) in [6.45, 7) is 3.74. The van der Waals surface area contributed by atoms with E-state index in [1.165, 1.54) is 6.92 Å². The van der Waals surface area contributed by atoms with E-state index >= 15 is 0 Å². The lowest BCUT2D eigenvalue weighted by Crippen LogP contribution is -2.24. The van der Waals surface area contributed by atoms with E-state index in [1.807, 2.05) is 0 Å². The zero-order valence-electron chi connectivity index (χ0n) is 12.8. The molecule has 0 atom stereocenters. The van der Waals surface area contributed by atoms with E-state index in [9.17, 15) is 14.4 Å². The van der Waals surface area contributed by atoms with Gasteiger partial charge in [0.1, 0.15) is 0 Å². The van der Waals surface area contributed by atoms with Crippen molar-refractivity contribution >= 4 is 17.7 Å². The molecule has 0 saturated carbocycles. The quantitative estimate of drug-likeness (QED) is 0.493. The van der Waals surface area contributed by atoms with Crippen LogP contribution in [0.15, 0.2) is 24.3 Å². The third-order valence-corrected chi connectivity index (χ3v) is 2.76. The second kappa shape index (κ2) is 9.35. The summed E-state index contributed by atoms with van der Waals surface area (Å²) in [4.78, 5) is 33.7. The largest absolute Gasteiger partial charge is 0.466 e. The molecule has 0 aliphatic heterocycles. The summed E-state index contributed by atoms with van der Waals surface area (Å²) in [5.74, 6) is 5.08. The SMILES string of the molecule is CCOC(=O)CCC(=O)NCC#Cc1ccc(C(C)=O)cc1. The van der Waals surface area contributed by atoms with Crippen molar-refractivity contribution in [2.75, 3.05) is 13.2 Å². The van der Waals surface area contributed by atoms with E-state index in [-0.39, 0.29) is 37.0 Å². The van der Waals surface area contributed by atoms with Gasteiger partial charge in [-0.3, -0.25) is 14.4 Å². The third kappa shape index (κ3) is 6.71. The Balaban J connectivity index is 2.33.